The van der Waals surface area contributed by atoms with Crippen molar-refractivity contribution < 1.29 is 5.11 Å². The summed E-state index contributed by atoms with van der Waals surface area (Å²) in [6.07, 6.45) is -0.890. The van der Waals surface area contributed by atoms with Crippen molar-refractivity contribution in [3.05, 3.63) is 47.1 Å². The maximum Gasteiger partial charge on any atom is 0.274 e. The first-order valence-electron chi connectivity index (χ1n) is 9.19. The Balaban J connectivity index is 1.60. The van der Waals surface area contributed by atoms with Gasteiger partial charge in [-0.1, -0.05) is 0 Å². The molecule has 0 saturated carbocycles. The van der Waals surface area contributed by atoms with E-state index in [0.717, 1.165) is 60.7 Å². The number of imidazole rings is 2. The van der Waals surface area contributed by atoms with Crippen molar-refractivity contribution in [1.82, 2.24) is 18.9 Å². The molecule has 0 amide bonds. The normalized spacial score (nSPS) is 16.0. The quantitative estimate of drug-likeness (QED) is 0.230. The number of pyridine rings is 1. The summed E-state index contributed by atoms with van der Waals surface area (Å²) in [6, 6.07) is 7.99. The molecule has 8 rings (SSSR count). The summed E-state index contributed by atoms with van der Waals surface area (Å²) in [5.41, 5.74) is 3.21. The monoisotopic (exact) mass is 588 g/mol. The van der Waals surface area contributed by atoms with Crippen LogP contribution in [0.15, 0.2) is 36.6 Å². The average Bonchev–Trinajstić information content (AvgIpc) is 3.49. The van der Waals surface area contributed by atoms with E-state index in [1.165, 1.54) is 22.7 Å². The lowest BCUT2D eigenvalue weighted by Crippen LogP contribution is -2.14. The molecule has 1 N–H and O–H groups in total. The number of hydrogen-bond donors (Lipinski definition) is 1. The molecule has 7 aromatic rings. The molecule has 0 bridgehead atoms. The summed E-state index contributed by atoms with van der Waals surface area (Å²) in [4.78, 5) is 25.7. The fourth-order valence-corrected chi connectivity index (χ4v) is 8.84. The third kappa shape index (κ3) is 1.95. The molecule has 6 aromatic heterocycles. The molecule has 7 heterocycles. The Kier molecular flexibility index (Phi) is 3.15. The van der Waals surface area contributed by atoms with Gasteiger partial charge in [0.2, 0.25) is 0 Å². The van der Waals surface area contributed by atoms with E-state index in [9.17, 15) is 9.90 Å². The van der Waals surface area contributed by atoms with Gasteiger partial charge in [0.05, 0.1) is 23.5 Å². The molecule has 1 aromatic carbocycles. The van der Waals surface area contributed by atoms with Gasteiger partial charge in [-0.2, -0.15) is 0 Å². The van der Waals surface area contributed by atoms with E-state index in [1.807, 2.05) is 28.8 Å². The zero-order valence-electron chi connectivity index (χ0n) is 15.0. The molecule has 1 aliphatic heterocycles. The van der Waals surface area contributed by atoms with Gasteiger partial charge >= 0.3 is 0 Å². The lowest BCUT2D eigenvalue weighted by atomic mass is 9.98. The summed E-state index contributed by atoms with van der Waals surface area (Å²) in [5, 5.41) is 14.1. The van der Waals surface area contributed by atoms with Gasteiger partial charge in [-0.05, 0) is 56.1 Å². The minimum absolute atomic E-state index is 0.0936. The van der Waals surface area contributed by atoms with Gasteiger partial charge in [0.15, 0.2) is 6.23 Å². The van der Waals surface area contributed by atoms with Gasteiger partial charge in [0, 0.05) is 21.7 Å². The Labute approximate surface area is 200 Å². The van der Waals surface area contributed by atoms with Crippen molar-refractivity contribution in [2.24, 2.45) is 0 Å². The first kappa shape index (κ1) is 17.6. The van der Waals surface area contributed by atoms with E-state index in [-0.39, 0.29) is 5.56 Å². The first-order chi connectivity index (χ1) is 15.0. The second-order valence-electron chi connectivity index (χ2n) is 7.44. The average molecular weight is 590 g/mol. The van der Waals surface area contributed by atoms with Crippen LogP contribution in [-0.2, 0) is 0 Å². The molecule has 6 nitrogen and oxygen atoms in total. The van der Waals surface area contributed by atoms with Crippen LogP contribution in [0.1, 0.15) is 11.1 Å². The number of hydrogen-bond acceptors (Lipinski definition) is 7. The van der Waals surface area contributed by atoms with Crippen molar-refractivity contribution in [1.29, 1.82) is 0 Å². The topological polar surface area (TPSA) is 72.4 Å². The van der Waals surface area contributed by atoms with Gasteiger partial charge in [0.1, 0.15) is 25.8 Å². The molecule has 150 valence electrons. The van der Waals surface area contributed by atoms with E-state index in [1.54, 1.807) is 15.7 Å². The minimum Gasteiger partial charge on any atom is -0.368 e. The molecule has 31 heavy (non-hydrogen) atoms. The summed E-state index contributed by atoms with van der Waals surface area (Å²) in [7, 11) is 0. The van der Waals surface area contributed by atoms with Gasteiger partial charge in [-0.15, -0.1) is 34.0 Å². The highest BCUT2D eigenvalue weighted by Gasteiger charge is 2.33. The Hall–Kier alpha value is -1.89. The largest absolute Gasteiger partial charge is 0.368 e. The molecule has 0 radical (unpaired) electrons. The van der Waals surface area contributed by atoms with Crippen LogP contribution in [0.3, 0.4) is 0 Å². The number of benzene rings is 1. The zero-order chi connectivity index (χ0) is 20.8. The fourth-order valence-electron chi connectivity index (χ4n) is 4.76. The minimum atomic E-state index is -0.890. The van der Waals surface area contributed by atoms with E-state index in [2.05, 4.69) is 31.9 Å². The summed E-state index contributed by atoms with van der Waals surface area (Å²) in [5.74, 6) is 0.732. The number of rotatable bonds is 0. The van der Waals surface area contributed by atoms with Gasteiger partial charge in [-0.25, -0.2) is 9.97 Å². The molecule has 0 fully saturated rings. The van der Waals surface area contributed by atoms with Crippen LogP contribution in [0.25, 0.3) is 58.6 Å². The second-order valence-corrected chi connectivity index (χ2v) is 13.3. The SMILES string of the molecule is O=c1c2sc3c4c(ccc(c42)c2nc4sc(Br)cc4n12)-c1nc2sc(Br)cc2n1C3O. The highest BCUT2D eigenvalue weighted by atomic mass is 79.9. The second kappa shape index (κ2) is 5.53. The highest BCUT2D eigenvalue weighted by molar-refractivity contribution is 9.11. The smallest absolute Gasteiger partial charge is 0.274 e. The zero-order valence-corrected chi connectivity index (χ0v) is 20.6. The molecule has 11 heteroatoms. The Morgan fingerprint density at radius 3 is 2.52 bits per heavy atom. The molecule has 0 saturated heterocycles. The number of aliphatic hydroxyl groups is 1. The molecule has 1 aliphatic rings. The van der Waals surface area contributed by atoms with Gasteiger partial charge in [0.25, 0.3) is 5.56 Å². The summed E-state index contributed by atoms with van der Waals surface area (Å²) in [6.45, 7) is 0. The van der Waals surface area contributed by atoms with Crippen molar-refractivity contribution >= 4 is 113 Å². The summed E-state index contributed by atoms with van der Waals surface area (Å²) < 4.78 is 6.11. The number of fused-ring (bicyclic) bond motifs is 8. The molecule has 1 atom stereocenters. The lowest BCUT2D eigenvalue weighted by Gasteiger charge is -2.21. The maximum absolute atomic E-state index is 13.6. The third-order valence-electron chi connectivity index (χ3n) is 5.93. The number of thiophene rings is 3. The van der Waals surface area contributed by atoms with Crippen LogP contribution in [-0.4, -0.2) is 24.0 Å². The maximum atomic E-state index is 13.6. The molecule has 0 spiro atoms. The predicted molar refractivity (Wildman–Crippen MR) is 133 cm³/mol. The van der Waals surface area contributed by atoms with Crippen LogP contribution >= 0.6 is 65.9 Å². The van der Waals surface area contributed by atoms with E-state index in [0.29, 0.717) is 10.3 Å². The van der Waals surface area contributed by atoms with Crippen molar-refractivity contribution in [3.63, 3.8) is 0 Å². The van der Waals surface area contributed by atoms with E-state index in [4.69, 9.17) is 9.97 Å². The van der Waals surface area contributed by atoms with Crippen LogP contribution in [0, 0.1) is 0 Å². The molecular weight excluding hydrogens is 584 g/mol. The predicted octanol–water partition coefficient (Wildman–Crippen LogP) is 6.17. The summed E-state index contributed by atoms with van der Waals surface area (Å²) >= 11 is 11.4. The van der Waals surface area contributed by atoms with Gasteiger partial charge in [-0.3, -0.25) is 13.8 Å². The van der Waals surface area contributed by atoms with Crippen molar-refractivity contribution in [2.45, 2.75) is 6.23 Å². The highest BCUT2D eigenvalue weighted by Crippen LogP contribution is 2.50. The van der Waals surface area contributed by atoms with E-state index >= 15 is 0 Å². The molecule has 0 aliphatic carbocycles. The van der Waals surface area contributed by atoms with Crippen LogP contribution < -0.4 is 5.56 Å². The Bertz CT molecular complexity index is 1980. The number of aliphatic hydroxyl groups excluding tert-OH is 1. The van der Waals surface area contributed by atoms with Crippen LogP contribution in [0.2, 0.25) is 0 Å². The standard InChI is InChI=1S/C20H6Br2N4O2S3/c21-9-3-7-17(29-9)23-15-5-1-2-6-12-11(5)13(19(27)25(7)15)31-14(12)20(28)26-8-4-10(22)30-18(8)24-16(6)26/h1-4,19,27H. The Morgan fingerprint density at radius 1 is 0.968 bits per heavy atom. The lowest BCUT2D eigenvalue weighted by molar-refractivity contribution is 0.156. The van der Waals surface area contributed by atoms with Crippen LogP contribution in [0.5, 0.6) is 0 Å². The fraction of sp³-hybridized carbons (Fsp3) is 0.0500. The van der Waals surface area contributed by atoms with Gasteiger partial charge < -0.3 is 5.11 Å². The van der Waals surface area contributed by atoms with E-state index < -0.39 is 6.23 Å². The Morgan fingerprint density at radius 2 is 1.71 bits per heavy atom. The molecular formula is C20H6Br2N4O2S3. The van der Waals surface area contributed by atoms with Crippen molar-refractivity contribution in [3.8, 4) is 11.4 Å². The molecule has 1 unspecified atom stereocenters. The number of halogens is 2. The number of aromatic nitrogens is 4. The first-order valence-corrected chi connectivity index (χ1v) is 13.2. The third-order valence-corrected chi connectivity index (χ3v) is 10.2. The van der Waals surface area contributed by atoms with Crippen LogP contribution in [0.4, 0.5) is 0 Å². The van der Waals surface area contributed by atoms with Crippen molar-refractivity contribution in [2.75, 3.05) is 0 Å². The number of nitrogens with zero attached hydrogens (tertiary/aromatic N) is 4.